The standard InChI is InChI=1S/C11H21N5O3/c12-7(3-1-5-15-11(13)14)9(17)16-6-2-4-8(16)10(18)19/h7-8H,1-6,12H2,(H,18,19)(H4,13,14,15)/p+1/t7-,8-/m0/s1. The lowest BCUT2D eigenvalue weighted by molar-refractivity contribution is -0.463. The molecule has 19 heavy (non-hydrogen) atoms. The van der Waals surface area contributed by atoms with Crippen LogP contribution < -0.4 is 27.3 Å². The van der Waals surface area contributed by atoms with Gasteiger partial charge >= 0.3 is 5.96 Å². The first-order valence-corrected chi connectivity index (χ1v) is 6.39. The Morgan fingerprint density at radius 2 is 2.16 bits per heavy atom. The van der Waals surface area contributed by atoms with Crippen molar-refractivity contribution in [2.45, 2.75) is 37.8 Å². The molecule has 0 aliphatic carbocycles. The molecule has 1 amide bonds. The van der Waals surface area contributed by atoms with Crippen LogP contribution in [-0.4, -0.2) is 47.9 Å². The van der Waals surface area contributed by atoms with E-state index in [1.54, 1.807) is 0 Å². The molecule has 2 atom stereocenters. The highest BCUT2D eigenvalue weighted by Gasteiger charge is 2.33. The maximum atomic E-state index is 12.1. The van der Waals surface area contributed by atoms with Gasteiger partial charge in [-0.25, -0.2) is 0 Å². The first-order chi connectivity index (χ1) is 8.93. The number of guanidine groups is 1. The molecule has 0 radical (unpaired) electrons. The molecular weight excluding hydrogens is 250 g/mol. The lowest BCUT2D eigenvalue weighted by Gasteiger charge is -2.26. The number of hydrogen-bond donors (Lipinski definition) is 4. The van der Waals surface area contributed by atoms with Crippen LogP contribution in [-0.2, 0) is 9.59 Å². The Balaban J connectivity index is 2.43. The van der Waals surface area contributed by atoms with E-state index in [9.17, 15) is 14.7 Å². The topological polar surface area (TPSA) is 154 Å². The van der Waals surface area contributed by atoms with Gasteiger partial charge in [-0.15, -0.1) is 0 Å². The zero-order valence-corrected chi connectivity index (χ0v) is 10.9. The van der Waals surface area contributed by atoms with E-state index in [1.807, 2.05) is 0 Å². The first-order valence-electron chi connectivity index (χ1n) is 6.39. The number of carbonyl (C=O) groups excluding carboxylic acids is 2. The summed E-state index contributed by atoms with van der Waals surface area (Å²) in [7, 11) is 0. The maximum absolute atomic E-state index is 12.1. The summed E-state index contributed by atoms with van der Waals surface area (Å²) in [6.45, 7) is 1.02. The van der Waals surface area contributed by atoms with Crippen molar-refractivity contribution in [1.82, 2.24) is 4.90 Å². The highest BCUT2D eigenvalue weighted by molar-refractivity contribution is 5.85. The van der Waals surface area contributed by atoms with Gasteiger partial charge in [0.05, 0.1) is 18.6 Å². The Bertz CT molecular complexity index is 367. The number of amides is 1. The van der Waals surface area contributed by atoms with Gasteiger partial charge in [-0.2, -0.15) is 0 Å². The largest absolute Gasteiger partial charge is 0.548 e. The van der Waals surface area contributed by atoms with Crippen LogP contribution in [0, 0.1) is 0 Å². The van der Waals surface area contributed by atoms with Crippen LogP contribution in [0.3, 0.4) is 0 Å². The molecule has 0 spiro atoms. The third-order valence-electron chi connectivity index (χ3n) is 3.22. The Morgan fingerprint density at radius 3 is 2.74 bits per heavy atom. The van der Waals surface area contributed by atoms with E-state index in [2.05, 4.69) is 10.7 Å². The molecule has 0 saturated carbocycles. The van der Waals surface area contributed by atoms with Gasteiger partial charge in [0.15, 0.2) is 6.04 Å². The van der Waals surface area contributed by atoms with Crippen LogP contribution in [0.25, 0.3) is 0 Å². The zero-order chi connectivity index (χ0) is 14.4. The Morgan fingerprint density at radius 1 is 1.47 bits per heavy atom. The van der Waals surface area contributed by atoms with Gasteiger partial charge in [0.2, 0.25) is 0 Å². The fourth-order valence-corrected chi connectivity index (χ4v) is 2.21. The molecule has 1 aliphatic heterocycles. The highest BCUT2D eigenvalue weighted by atomic mass is 16.4. The normalized spacial score (nSPS) is 20.1. The van der Waals surface area contributed by atoms with Crippen LogP contribution in [0.1, 0.15) is 25.7 Å². The average molecular weight is 272 g/mol. The number of nitrogens with zero attached hydrogens (tertiary/aromatic N) is 1. The number of nitrogens with two attached hydrogens (primary N) is 2. The SMILES string of the molecule is NC(N)=[NH+]CCC[C@H]([NH3+])C(=O)N1CCC[C@H]1C(=O)[O-]. The van der Waals surface area contributed by atoms with Gasteiger partial charge in [-0.05, 0) is 19.3 Å². The Kier molecular flexibility index (Phi) is 5.56. The quantitative estimate of drug-likeness (QED) is 0.216. The monoisotopic (exact) mass is 272 g/mol. The predicted molar refractivity (Wildman–Crippen MR) is 64.9 cm³/mol. The Labute approximate surface area is 111 Å². The molecule has 1 heterocycles. The molecule has 8 N–H and O–H groups in total. The van der Waals surface area contributed by atoms with E-state index < -0.39 is 18.1 Å². The van der Waals surface area contributed by atoms with Gasteiger partial charge in [-0.1, -0.05) is 0 Å². The fourth-order valence-electron chi connectivity index (χ4n) is 2.21. The van der Waals surface area contributed by atoms with E-state index in [0.29, 0.717) is 38.8 Å². The van der Waals surface area contributed by atoms with Gasteiger partial charge in [0.25, 0.3) is 5.91 Å². The van der Waals surface area contributed by atoms with Crippen molar-refractivity contribution in [1.29, 1.82) is 0 Å². The lowest BCUT2D eigenvalue weighted by Crippen LogP contribution is -2.78. The van der Waals surface area contributed by atoms with Crippen molar-refractivity contribution in [2.75, 3.05) is 13.1 Å². The molecule has 0 aromatic carbocycles. The van der Waals surface area contributed by atoms with Gasteiger partial charge in [0.1, 0.15) is 0 Å². The minimum atomic E-state index is -1.19. The van der Waals surface area contributed by atoms with Crippen molar-refractivity contribution >= 4 is 17.8 Å². The van der Waals surface area contributed by atoms with Crippen LogP contribution in [0.5, 0.6) is 0 Å². The second kappa shape index (κ2) is 6.93. The highest BCUT2D eigenvalue weighted by Crippen LogP contribution is 2.17. The molecule has 1 saturated heterocycles. The third kappa shape index (κ3) is 4.40. The van der Waals surface area contributed by atoms with Gasteiger partial charge in [0, 0.05) is 13.0 Å². The van der Waals surface area contributed by atoms with Gasteiger partial charge in [-0.3, -0.25) is 21.3 Å². The molecule has 0 aromatic heterocycles. The summed E-state index contributed by atoms with van der Waals surface area (Å²) in [4.78, 5) is 27.1. The second-order valence-electron chi connectivity index (χ2n) is 4.73. The van der Waals surface area contributed by atoms with E-state index in [1.165, 1.54) is 4.90 Å². The van der Waals surface area contributed by atoms with Crippen molar-refractivity contribution in [3.05, 3.63) is 0 Å². The van der Waals surface area contributed by atoms with Crippen LogP contribution in [0.4, 0.5) is 0 Å². The number of aliphatic carboxylic acids is 1. The third-order valence-corrected chi connectivity index (χ3v) is 3.22. The minimum Gasteiger partial charge on any atom is -0.548 e. The number of hydrogen-bond acceptors (Lipinski definition) is 3. The summed E-state index contributed by atoms with van der Waals surface area (Å²) in [6.07, 6.45) is 2.38. The van der Waals surface area contributed by atoms with E-state index in [4.69, 9.17) is 11.5 Å². The molecule has 1 aliphatic rings. The number of quaternary nitrogens is 1. The molecular formula is C11H22N5O3+. The molecule has 0 unspecified atom stereocenters. The van der Waals surface area contributed by atoms with Gasteiger partial charge < -0.3 is 20.5 Å². The zero-order valence-electron chi connectivity index (χ0n) is 10.9. The summed E-state index contributed by atoms with van der Waals surface area (Å²) in [5, 5.41) is 10.9. The number of carboxylic acid groups (broad SMARTS) is 1. The molecule has 8 heteroatoms. The molecule has 0 bridgehead atoms. The summed E-state index contributed by atoms with van der Waals surface area (Å²) in [5.41, 5.74) is 14.3. The maximum Gasteiger partial charge on any atom is 0.338 e. The summed E-state index contributed by atoms with van der Waals surface area (Å²) in [5.74, 6) is -1.27. The van der Waals surface area contributed by atoms with Crippen molar-refractivity contribution in [3.63, 3.8) is 0 Å². The summed E-state index contributed by atoms with van der Waals surface area (Å²) < 4.78 is 0. The van der Waals surface area contributed by atoms with Crippen molar-refractivity contribution < 1.29 is 25.4 Å². The smallest absolute Gasteiger partial charge is 0.338 e. The van der Waals surface area contributed by atoms with Crippen LogP contribution >= 0.6 is 0 Å². The van der Waals surface area contributed by atoms with E-state index >= 15 is 0 Å². The molecule has 108 valence electrons. The molecule has 8 nitrogen and oxygen atoms in total. The summed E-state index contributed by atoms with van der Waals surface area (Å²) >= 11 is 0. The van der Waals surface area contributed by atoms with E-state index in [-0.39, 0.29) is 11.9 Å². The Hall–Kier alpha value is -1.83. The van der Waals surface area contributed by atoms with Crippen molar-refractivity contribution in [2.24, 2.45) is 11.5 Å². The predicted octanol–water partition coefficient (Wildman–Crippen LogP) is -5.53. The number of rotatable bonds is 6. The van der Waals surface area contributed by atoms with Crippen LogP contribution in [0.2, 0.25) is 0 Å². The number of nitrogens with one attached hydrogen (secondary N) is 1. The molecule has 0 aromatic rings. The first kappa shape index (κ1) is 15.2. The number of likely N-dealkylation sites (tertiary alicyclic amines) is 1. The van der Waals surface area contributed by atoms with E-state index in [0.717, 1.165) is 0 Å². The van der Waals surface area contributed by atoms with Crippen LogP contribution in [0.15, 0.2) is 0 Å². The average Bonchev–Trinajstić information content (AvgIpc) is 2.82. The summed E-state index contributed by atoms with van der Waals surface area (Å²) in [6, 6.07) is -1.26. The minimum absolute atomic E-state index is 0.142. The molecule has 1 rings (SSSR count). The number of carbonyl (C=O) groups is 2. The lowest BCUT2D eigenvalue weighted by atomic mass is 10.1. The number of carboxylic acids is 1. The van der Waals surface area contributed by atoms with Crippen molar-refractivity contribution in [3.8, 4) is 0 Å². The molecule has 1 fully saturated rings. The fraction of sp³-hybridized carbons (Fsp3) is 0.727. The second-order valence-corrected chi connectivity index (χ2v) is 4.73.